The van der Waals surface area contributed by atoms with Crippen molar-refractivity contribution in [2.75, 3.05) is 26.8 Å². The maximum absolute atomic E-state index is 12.3. The minimum atomic E-state index is -3.91. The van der Waals surface area contributed by atoms with E-state index in [9.17, 15) is 13.2 Å². The Morgan fingerprint density at radius 3 is 2.60 bits per heavy atom. The number of benzene rings is 1. The summed E-state index contributed by atoms with van der Waals surface area (Å²) in [6, 6.07) is 4.31. The Morgan fingerprint density at radius 1 is 1.45 bits per heavy atom. The number of nitrogens with zero attached hydrogens (tertiary/aromatic N) is 1. The Kier molecular flexibility index (Phi) is 6.44. The van der Waals surface area contributed by atoms with Gasteiger partial charge in [0, 0.05) is 40.9 Å². The Morgan fingerprint density at radius 2 is 2.10 bits per heavy atom. The van der Waals surface area contributed by atoms with Crippen LogP contribution in [0.3, 0.4) is 0 Å². The lowest BCUT2D eigenvalue weighted by Crippen LogP contribution is -2.33. The van der Waals surface area contributed by atoms with Crippen LogP contribution in [0.4, 0.5) is 0 Å². The Labute approximate surface area is 131 Å². The number of halogens is 2. The number of carbonyl (C=O) groups excluding carboxylic acids is 1. The zero-order chi connectivity index (χ0) is 15.3. The highest BCUT2D eigenvalue weighted by Crippen LogP contribution is 2.26. The molecular formula is C12H15BrClNO4S. The molecule has 0 aliphatic heterocycles. The highest BCUT2D eigenvalue weighted by Gasteiger charge is 2.20. The average Bonchev–Trinajstić information content (AvgIpc) is 2.38. The average molecular weight is 385 g/mol. The van der Waals surface area contributed by atoms with Crippen LogP contribution in [0.1, 0.15) is 17.3 Å². The summed E-state index contributed by atoms with van der Waals surface area (Å²) < 4.78 is 28.1. The minimum absolute atomic E-state index is 0.118. The number of methoxy groups -OCH3 is 1. The van der Waals surface area contributed by atoms with Crippen molar-refractivity contribution in [1.82, 2.24) is 4.90 Å². The minimum Gasteiger partial charge on any atom is -0.383 e. The lowest BCUT2D eigenvalue weighted by Gasteiger charge is -2.20. The van der Waals surface area contributed by atoms with Gasteiger partial charge in [0.05, 0.1) is 11.5 Å². The van der Waals surface area contributed by atoms with Crippen LogP contribution in [-0.4, -0.2) is 46.0 Å². The van der Waals surface area contributed by atoms with Gasteiger partial charge in [-0.25, -0.2) is 8.42 Å². The molecule has 1 rings (SSSR count). The van der Waals surface area contributed by atoms with Crippen molar-refractivity contribution < 1.29 is 17.9 Å². The number of rotatable bonds is 6. The van der Waals surface area contributed by atoms with Gasteiger partial charge < -0.3 is 9.64 Å². The second-order valence-corrected chi connectivity index (χ2v) is 7.35. The number of hydrogen-bond acceptors (Lipinski definition) is 4. The lowest BCUT2D eigenvalue weighted by atomic mass is 10.2. The van der Waals surface area contributed by atoms with Gasteiger partial charge in [-0.05, 0) is 41.1 Å². The van der Waals surface area contributed by atoms with Gasteiger partial charge in [-0.1, -0.05) is 0 Å². The van der Waals surface area contributed by atoms with Gasteiger partial charge in [0.25, 0.3) is 15.0 Å². The predicted molar refractivity (Wildman–Crippen MR) is 80.6 cm³/mol. The zero-order valence-corrected chi connectivity index (χ0v) is 14.3. The second-order valence-electron chi connectivity index (χ2n) is 3.96. The Bertz CT molecular complexity index is 591. The van der Waals surface area contributed by atoms with Crippen molar-refractivity contribution >= 4 is 41.6 Å². The molecule has 0 aromatic heterocycles. The molecule has 0 spiro atoms. The lowest BCUT2D eigenvalue weighted by molar-refractivity contribution is 0.0706. The van der Waals surface area contributed by atoms with Gasteiger partial charge in [0.2, 0.25) is 0 Å². The van der Waals surface area contributed by atoms with E-state index in [0.717, 1.165) is 0 Å². The van der Waals surface area contributed by atoms with E-state index >= 15 is 0 Å². The van der Waals surface area contributed by atoms with Crippen molar-refractivity contribution in [3.05, 3.63) is 28.2 Å². The van der Waals surface area contributed by atoms with Crippen LogP contribution in [0, 0.1) is 0 Å². The van der Waals surface area contributed by atoms with Crippen LogP contribution in [-0.2, 0) is 13.8 Å². The normalized spacial score (nSPS) is 11.4. The van der Waals surface area contributed by atoms with Crippen molar-refractivity contribution in [3.63, 3.8) is 0 Å². The van der Waals surface area contributed by atoms with Gasteiger partial charge >= 0.3 is 0 Å². The fourth-order valence-corrected chi connectivity index (χ4v) is 3.73. The molecule has 5 nitrogen and oxygen atoms in total. The second kappa shape index (κ2) is 7.40. The first-order valence-electron chi connectivity index (χ1n) is 5.83. The Balaban J connectivity index is 3.11. The first-order valence-corrected chi connectivity index (χ1v) is 8.94. The fourth-order valence-electron chi connectivity index (χ4n) is 1.61. The molecule has 0 aliphatic rings. The van der Waals surface area contributed by atoms with E-state index in [2.05, 4.69) is 15.9 Å². The molecule has 20 heavy (non-hydrogen) atoms. The monoisotopic (exact) mass is 383 g/mol. The van der Waals surface area contributed by atoms with Crippen LogP contribution < -0.4 is 0 Å². The van der Waals surface area contributed by atoms with Crippen LogP contribution in [0.2, 0.25) is 0 Å². The first kappa shape index (κ1) is 17.4. The number of carbonyl (C=O) groups is 1. The highest BCUT2D eigenvalue weighted by molar-refractivity contribution is 9.10. The SMILES string of the molecule is CCN(CCOC)C(=O)c1ccc(Br)c(S(=O)(=O)Cl)c1. The van der Waals surface area contributed by atoms with E-state index in [0.29, 0.717) is 24.2 Å². The number of ether oxygens (including phenoxy) is 1. The molecule has 0 heterocycles. The van der Waals surface area contributed by atoms with E-state index in [4.69, 9.17) is 15.4 Å². The maximum atomic E-state index is 12.3. The van der Waals surface area contributed by atoms with E-state index in [-0.39, 0.29) is 16.4 Å². The maximum Gasteiger partial charge on any atom is 0.262 e. The summed E-state index contributed by atoms with van der Waals surface area (Å²) in [5.41, 5.74) is 0.269. The van der Waals surface area contributed by atoms with Gasteiger partial charge in [0.1, 0.15) is 0 Å². The van der Waals surface area contributed by atoms with Crippen LogP contribution in [0.25, 0.3) is 0 Å². The van der Waals surface area contributed by atoms with Gasteiger partial charge in [-0.2, -0.15) is 0 Å². The van der Waals surface area contributed by atoms with Crippen LogP contribution in [0.5, 0.6) is 0 Å². The molecule has 0 aliphatic carbocycles. The summed E-state index contributed by atoms with van der Waals surface area (Å²) in [5, 5.41) is 0. The van der Waals surface area contributed by atoms with E-state index < -0.39 is 9.05 Å². The van der Waals surface area contributed by atoms with E-state index in [1.54, 1.807) is 18.1 Å². The molecule has 0 fully saturated rings. The highest BCUT2D eigenvalue weighted by atomic mass is 79.9. The third kappa shape index (κ3) is 4.44. The zero-order valence-electron chi connectivity index (χ0n) is 11.1. The molecule has 112 valence electrons. The molecule has 0 unspecified atom stereocenters. The topological polar surface area (TPSA) is 63.7 Å². The molecule has 0 saturated carbocycles. The number of likely N-dealkylation sites (N-methyl/N-ethyl adjacent to an activating group) is 1. The number of amides is 1. The Hall–Kier alpha value is -0.630. The third-order valence-electron chi connectivity index (χ3n) is 2.68. The van der Waals surface area contributed by atoms with E-state index in [1.807, 2.05) is 6.92 Å². The van der Waals surface area contributed by atoms with Crippen molar-refractivity contribution in [2.45, 2.75) is 11.8 Å². The smallest absolute Gasteiger partial charge is 0.262 e. The summed E-state index contributed by atoms with van der Waals surface area (Å²) in [6.45, 7) is 3.19. The quantitative estimate of drug-likeness (QED) is 0.707. The molecule has 0 radical (unpaired) electrons. The molecule has 1 amide bonds. The summed E-state index contributed by atoms with van der Waals surface area (Å²) in [5.74, 6) is -0.265. The van der Waals surface area contributed by atoms with Crippen molar-refractivity contribution in [2.24, 2.45) is 0 Å². The first-order chi connectivity index (χ1) is 9.31. The molecule has 0 saturated heterocycles. The van der Waals surface area contributed by atoms with Crippen molar-refractivity contribution in [1.29, 1.82) is 0 Å². The van der Waals surface area contributed by atoms with E-state index in [1.165, 1.54) is 12.1 Å². The molecule has 0 atom stereocenters. The standard InChI is InChI=1S/C12H15BrClNO4S/c1-3-15(6-7-19-2)12(16)9-4-5-10(13)11(8-9)20(14,17)18/h4-5,8H,3,6-7H2,1-2H3. The summed E-state index contributed by atoms with van der Waals surface area (Å²) in [6.07, 6.45) is 0. The largest absolute Gasteiger partial charge is 0.383 e. The predicted octanol–water partition coefficient (Wildman–Crippen LogP) is 2.49. The molecule has 0 bridgehead atoms. The van der Waals surface area contributed by atoms with Crippen molar-refractivity contribution in [3.8, 4) is 0 Å². The van der Waals surface area contributed by atoms with Crippen LogP contribution in [0.15, 0.2) is 27.6 Å². The summed E-state index contributed by atoms with van der Waals surface area (Å²) in [7, 11) is 2.98. The third-order valence-corrected chi connectivity index (χ3v) is 4.99. The molecule has 8 heteroatoms. The van der Waals surface area contributed by atoms with Gasteiger partial charge in [-0.3, -0.25) is 4.79 Å². The van der Waals surface area contributed by atoms with Gasteiger partial charge in [-0.15, -0.1) is 0 Å². The molecule has 1 aromatic rings. The van der Waals surface area contributed by atoms with Crippen LogP contribution >= 0.6 is 26.6 Å². The molecular weight excluding hydrogens is 370 g/mol. The fraction of sp³-hybridized carbons (Fsp3) is 0.417. The molecule has 1 aromatic carbocycles. The summed E-state index contributed by atoms with van der Waals surface area (Å²) in [4.78, 5) is 13.7. The molecule has 0 N–H and O–H groups in total. The summed E-state index contributed by atoms with van der Waals surface area (Å²) >= 11 is 3.10. The number of hydrogen-bond donors (Lipinski definition) is 0. The van der Waals surface area contributed by atoms with Gasteiger partial charge in [0.15, 0.2) is 0 Å².